The van der Waals surface area contributed by atoms with Gasteiger partial charge in [0.25, 0.3) is 5.91 Å². The van der Waals surface area contributed by atoms with E-state index in [4.69, 9.17) is 10.8 Å². The lowest BCUT2D eigenvalue weighted by molar-refractivity contribution is -0.146. The molecule has 1 aromatic carbocycles. The fourth-order valence-corrected chi connectivity index (χ4v) is 1.87. The Balaban J connectivity index is 2.88. The number of carboxylic acids is 1. The van der Waals surface area contributed by atoms with E-state index in [9.17, 15) is 9.59 Å². The number of nitrogens with zero attached hydrogens (tertiary/aromatic N) is 1. The molecule has 1 unspecified atom stereocenters. The van der Waals surface area contributed by atoms with Crippen LogP contribution in [0.2, 0.25) is 0 Å². The van der Waals surface area contributed by atoms with Crippen molar-refractivity contribution in [2.45, 2.75) is 33.4 Å². The van der Waals surface area contributed by atoms with E-state index in [1.165, 1.54) is 10.5 Å². The van der Waals surface area contributed by atoms with Crippen LogP contribution in [0.25, 0.3) is 0 Å². The normalized spacial score (nSPS) is 12.1. The summed E-state index contributed by atoms with van der Waals surface area (Å²) in [5.74, 6) is -1.90. The lowest BCUT2D eigenvalue weighted by atomic mass is 10.0. The summed E-state index contributed by atoms with van der Waals surface area (Å²) < 4.78 is 0. The van der Waals surface area contributed by atoms with Gasteiger partial charge in [0.05, 0.1) is 0 Å². The van der Waals surface area contributed by atoms with Crippen molar-refractivity contribution in [3.8, 4) is 0 Å². The molecule has 1 atom stereocenters. The maximum atomic E-state index is 11.8. The minimum atomic E-state index is -1.50. The largest absolute Gasteiger partial charge is 0.480 e. The molecule has 0 aliphatic heterocycles. The van der Waals surface area contributed by atoms with Crippen LogP contribution in [0.15, 0.2) is 12.1 Å². The highest BCUT2D eigenvalue weighted by atomic mass is 16.4. The number of aryl methyl sites for hydroxylation is 3. The molecule has 5 heteroatoms. The Kier molecular flexibility index (Phi) is 4.67. The fourth-order valence-electron chi connectivity index (χ4n) is 1.87. The van der Waals surface area contributed by atoms with E-state index in [-0.39, 0.29) is 0 Å². The molecule has 0 saturated heterocycles. The van der Waals surface area contributed by atoms with Gasteiger partial charge in [0.1, 0.15) is 0 Å². The molecule has 5 nitrogen and oxygen atoms in total. The van der Waals surface area contributed by atoms with Gasteiger partial charge in [-0.1, -0.05) is 12.1 Å². The van der Waals surface area contributed by atoms with Crippen LogP contribution < -0.4 is 5.73 Å². The molecule has 19 heavy (non-hydrogen) atoms. The summed E-state index contributed by atoms with van der Waals surface area (Å²) >= 11 is 0. The molecule has 1 rings (SSSR count). The van der Waals surface area contributed by atoms with E-state index in [1.807, 2.05) is 26.8 Å². The maximum absolute atomic E-state index is 11.8. The van der Waals surface area contributed by atoms with Crippen molar-refractivity contribution in [2.75, 3.05) is 7.05 Å². The second-order valence-corrected chi connectivity index (χ2v) is 4.87. The molecule has 0 heterocycles. The summed E-state index contributed by atoms with van der Waals surface area (Å²) in [6.07, 6.45) is 0. The van der Waals surface area contributed by atoms with Crippen LogP contribution in [0.4, 0.5) is 0 Å². The predicted octanol–water partition coefficient (Wildman–Crippen LogP) is 0.982. The van der Waals surface area contributed by atoms with E-state index in [1.54, 1.807) is 7.05 Å². The molecule has 1 amide bonds. The lowest BCUT2D eigenvalue weighted by Crippen LogP contribution is -2.46. The van der Waals surface area contributed by atoms with E-state index in [2.05, 4.69) is 6.07 Å². The molecular weight excluding hydrogens is 244 g/mol. The lowest BCUT2D eigenvalue weighted by Gasteiger charge is -2.21. The highest BCUT2D eigenvalue weighted by molar-refractivity contribution is 6.00. The minimum Gasteiger partial charge on any atom is -0.480 e. The third-order valence-electron chi connectivity index (χ3n) is 3.27. The van der Waals surface area contributed by atoms with Crippen LogP contribution in [0, 0.1) is 20.8 Å². The molecule has 104 valence electrons. The molecule has 0 aliphatic rings. The highest BCUT2D eigenvalue weighted by Gasteiger charge is 2.24. The molecule has 0 fully saturated rings. The van der Waals surface area contributed by atoms with Crippen molar-refractivity contribution < 1.29 is 14.7 Å². The van der Waals surface area contributed by atoms with Crippen LogP contribution in [0.3, 0.4) is 0 Å². The molecule has 0 spiro atoms. The van der Waals surface area contributed by atoms with Gasteiger partial charge >= 0.3 is 5.97 Å². The topological polar surface area (TPSA) is 83.6 Å². The van der Waals surface area contributed by atoms with E-state index in [0.717, 1.165) is 16.7 Å². The summed E-state index contributed by atoms with van der Waals surface area (Å²) in [6.45, 7) is 6.36. The van der Waals surface area contributed by atoms with Crippen molar-refractivity contribution in [3.63, 3.8) is 0 Å². The Bertz CT molecular complexity index is 512. The second kappa shape index (κ2) is 5.84. The van der Waals surface area contributed by atoms with E-state index in [0.29, 0.717) is 6.54 Å². The Morgan fingerprint density at radius 1 is 1.21 bits per heavy atom. The van der Waals surface area contributed by atoms with Crippen molar-refractivity contribution in [2.24, 2.45) is 5.73 Å². The number of nitrogens with two attached hydrogens (primary N) is 1. The van der Waals surface area contributed by atoms with Gasteiger partial charge in [-0.2, -0.15) is 0 Å². The first-order valence-corrected chi connectivity index (χ1v) is 6.04. The van der Waals surface area contributed by atoms with Crippen molar-refractivity contribution in [1.82, 2.24) is 4.90 Å². The number of benzene rings is 1. The van der Waals surface area contributed by atoms with Gasteiger partial charge in [-0.15, -0.1) is 0 Å². The van der Waals surface area contributed by atoms with E-state index >= 15 is 0 Å². The number of carbonyl (C=O) groups is 2. The smallest absolute Gasteiger partial charge is 0.330 e. The van der Waals surface area contributed by atoms with Crippen LogP contribution in [0.5, 0.6) is 0 Å². The maximum Gasteiger partial charge on any atom is 0.330 e. The number of aliphatic carboxylic acids is 1. The third-order valence-corrected chi connectivity index (χ3v) is 3.27. The summed E-state index contributed by atoms with van der Waals surface area (Å²) in [5, 5.41) is 8.73. The van der Waals surface area contributed by atoms with Crippen molar-refractivity contribution in [1.29, 1.82) is 0 Å². The van der Waals surface area contributed by atoms with Gasteiger partial charge in [-0.3, -0.25) is 4.79 Å². The zero-order valence-electron chi connectivity index (χ0n) is 11.7. The Labute approximate surface area is 113 Å². The molecule has 0 aromatic heterocycles. The number of carboxylic acid groups (broad SMARTS) is 1. The summed E-state index contributed by atoms with van der Waals surface area (Å²) in [7, 11) is 1.56. The standard InChI is InChI=1S/C14H20N2O3/c1-8-5-10(3)11(6-9(8)2)7-16(4)13(17)12(15)14(18)19/h5-6,12H,7,15H2,1-4H3,(H,18,19). The number of hydrogen-bond acceptors (Lipinski definition) is 3. The Hall–Kier alpha value is -1.88. The van der Waals surface area contributed by atoms with E-state index < -0.39 is 17.9 Å². The third kappa shape index (κ3) is 3.54. The van der Waals surface area contributed by atoms with Gasteiger partial charge in [0, 0.05) is 13.6 Å². The van der Waals surface area contributed by atoms with Crippen LogP contribution in [0.1, 0.15) is 22.3 Å². The minimum absolute atomic E-state index is 0.354. The average molecular weight is 264 g/mol. The first-order valence-electron chi connectivity index (χ1n) is 6.04. The van der Waals surface area contributed by atoms with Crippen LogP contribution in [-0.2, 0) is 16.1 Å². The fraction of sp³-hybridized carbons (Fsp3) is 0.429. The zero-order chi connectivity index (χ0) is 14.7. The number of hydrogen-bond donors (Lipinski definition) is 2. The van der Waals surface area contributed by atoms with Crippen LogP contribution in [-0.4, -0.2) is 35.0 Å². The van der Waals surface area contributed by atoms with Gasteiger partial charge in [-0.05, 0) is 43.0 Å². The average Bonchev–Trinajstić information content (AvgIpc) is 2.33. The quantitative estimate of drug-likeness (QED) is 0.794. The first kappa shape index (κ1) is 15.2. The molecule has 0 bridgehead atoms. The number of rotatable bonds is 4. The Morgan fingerprint density at radius 3 is 2.26 bits per heavy atom. The van der Waals surface area contributed by atoms with Crippen molar-refractivity contribution >= 4 is 11.9 Å². The zero-order valence-corrected chi connectivity index (χ0v) is 11.7. The number of amides is 1. The Morgan fingerprint density at radius 2 is 1.74 bits per heavy atom. The SMILES string of the molecule is Cc1cc(C)c(CN(C)C(=O)C(N)C(=O)O)cc1C. The van der Waals surface area contributed by atoms with Crippen LogP contribution >= 0.6 is 0 Å². The molecule has 0 aliphatic carbocycles. The summed E-state index contributed by atoms with van der Waals surface area (Å²) in [6, 6.07) is 2.57. The molecule has 0 saturated carbocycles. The second-order valence-electron chi connectivity index (χ2n) is 4.87. The van der Waals surface area contributed by atoms with Gasteiger partial charge in [-0.25, -0.2) is 4.79 Å². The number of likely N-dealkylation sites (N-methyl/N-ethyl adjacent to an activating group) is 1. The molecular formula is C14H20N2O3. The predicted molar refractivity (Wildman–Crippen MR) is 72.7 cm³/mol. The van der Waals surface area contributed by atoms with Crippen molar-refractivity contribution in [3.05, 3.63) is 34.4 Å². The first-order chi connectivity index (χ1) is 8.73. The number of carbonyl (C=O) groups excluding carboxylic acids is 1. The summed E-state index contributed by atoms with van der Waals surface area (Å²) in [4.78, 5) is 23.8. The molecule has 0 radical (unpaired) electrons. The molecule has 3 N–H and O–H groups in total. The summed E-state index contributed by atoms with van der Waals surface area (Å²) in [5.41, 5.74) is 9.72. The highest BCUT2D eigenvalue weighted by Crippen LogP contribution is 2.16. The van der Waals surface area contributed by atoms with Gasteiger partial charge in [0.2, 0.25) is 0 Å². The monoisotopic (exact) mass is 264 g/mol. The van der Waals surface area contributed by atoms with Gasteiger partial charge in [0.15, 0.2) is 6.04 Å². The van der Waals surface area contributed by atoms with Gasteiger partial charge < -0.3 is 15.7 Å². The molecule has 1 aromatic rings.